The lowest BCUT2D eigenvalue weighted by Gasteiger charge is -2.28. The van der Waals surface area contributed by atoms with Gasteiger partial charge < -0.3 is 15.0 Å². The minimum atomic E-state index is -2.85. The van der Waals surface area contributed by atoms with E-state index in [0.29, 0.717) is 24.5 Å². The Morgan fingerprint density at radius 1 is 1.20 bits per heavy atom. The average Bonchev–Trinajstić information content (AvgIpc) is 2.75. The van der Waals surface area contributed by atoms with E-state index in [-0.39, 0.29) is 23.8 Å². The van der Waals surface area contributed by atoms with Crippen LogP contribution in [0.3, 0.4) is 0 Å². The molecule has 0 spiro atoms. The number of halogens is 4. The first-order valence-corrected chi connectivity index (χ1v) is 9.86. The van der Waals surface area contributed by atoms with Gasteiger partial charge in [0.15, 0.2) is 0 Å². The maximum atomic E-state index is 14.2. The number of hydrogen-bond donors (Lipinski definition) is 1. The molecule has 4 rings (SSSR count). The van der Waals surface area contributed by atoms with Gasteiger partial charge in [-0.05, 0) is 29.7 Å². The summed E-state index contributed by atoms with van der Waals surface area (Å²) in [5.41, 5.74) is 0.185. The second kappa shape index (κ2) is 9.01. The second-order valence-corrected chi connectivity index (χ2v) is 7.14. The fourth-order valence-electron chi connectivity index (χ4n) is 3.37. The topological polar surface area (TPSA) is 63.2 Å². The fourth-order valence-corrected chi connectivity index (χ4v) is 3.55. The number of rotatable bonds is 6. The third-order valence-corrected chi connectivity index (χ3v) is 5.07. The number of morpholine rings is 1. The van der Waals surface area contributed by atoms with Crippen molar-refractivity contribution < 1.29 is 17.9 Å². The Bertz CT molecular complexity index is 1050. The van der Waals surface area contributed by atoms with E-state index < -0.39 is 17.8 Å². The molecule has 0 radical (unpaired) electrons. The first-order valence-electron chi connectivity index (χ1n) is 9.48. The van der Waals surface area contributed by atoms with Gasteiger partial charge in [0.25, 0.3) is 6.43 Å². The van der Waals surface area contributed by atoms with Gasteiger partial charge in [0.1, 0.15) is 17.5 Å². The molecule has 1 aliphatic heterocycles. The first kappa shape index (κ1) is 20.6. The van der Waals surface area contributed by atoms with Crippen molar-refractivity contribution in [3.05, 3.63) is 52.7 Å². The van der Waals surface area contributed by atoms with Crippen LogP contribution < -0.4 is 10.2 Å². The van der Waals surface area contributed by atoms with E-state index >= 15 is 0 Å². The number of fused-ring (bicyclic) bond motifs is 1. The van der Waals surface area contributed by atoms with Crippen LogP contribution in [-0.2, 0) is 11.2 Å². The Morgan fingerprint density at radius 2 is 2.00 bits per heavy atom. The van der Waals surface area contributed by atoms with Crippen molar-refractivity contribution in [2.75, 3.05) is 43.1 Å². The molecule has 0 saturated carbocycles. The van der Waals surface area contributed by atoms with Crippen molar-refractivity contribution in [1.82, 2.24) is 15.0 Å². The van der Waals surface area contributed by atoms with Crippen LogP contribution in [0.2, 0.25) is 5.28 Å². The quantitative estimate of drug-likeness (QED) is 0.582. The molecule has 1 N–H and O–H groups in total. The fraction of sp³-hybridized carbons (Fsp3) is 0.350. The van der Waals surface area contributed by atoms with Crippen LogP contribution in [0.5, 0.6) is 0 Å². The van der Waals surface area contributed by atoms with Crippen molar-refractivity contribution in [1.29, 1.82) is 0 Å². The summed E-state index contributed by atoms with van der Waals surface area (Å²) in [4.78, 5) is 15.0. The third-order valence-electron chi connectivity index (χ3n) is 4.91. The van der Waals surface area contributed by atoms with E-state index in [4.69, 9.17) is 16.3 Å². The van der Waals surface area contributed by atoms with Crippen molar-refractivity contribution in [3.8, 4) is 0 Å². The molecule has 1 aromatic carbocycles. The number of alkyl halides is 2. The van der Waals surface area contributed by atoms with E-state index in [2.05, 4.69) is 25.2 Å². The molecule has 0 aliphatic carbocycles. The van der Waals surface area contributed by atoms with Crippen molar-refractivity contribution in [2.45, 2.75) is 12.8 Å². The molecule has 0 bridgehead atoms. The summed E-state index contributed by atoms with van der Waals surface area (Å²) >= 11 is 6.03. The molecular weight excluding hydrogens is 419 g/mol. The van der Waals surface area contributed by atoms with E-state index in [9.17, 15) is 13.2 Å². The average molecular weight is 438 g/mol. The van der Waals surface area contributed by atoms with Gasteiger partial charge in [-0.3, -0.25) is 0 Å². The van der Waals surface area contributed by atoms with Crippen LogP contribution in [0.15, 0.2) is 30.5 Å². The SMILES string of the molecule is Fc1c(CCNc2nc(Cl)nc3cnc(N4CCOCC4)cc23)cccc1C(F)F. The Hall–Kier alpha value is -2.65. The summed E-state index contributed by atoms with van der Waals surface area (Å²) in [5, 5.41) is 3.90. The predicted molar refractivity (Wildman–Crippen MR) is 109 cm³/mol. The standard InChI is InChI=1S/C20H19ClF3N5O/c21-20-27-15-11-26-16(29-6-8-30-9-7-29)10-14(15)19(28-20)25-5-4-12-2-1-3-13(17(12)22)18(23)24/h1-3,10-11,18H,4-9H2,(H,25,27,28). The molecule has 3 aromatic rings. The monoisotopic (exact) mass is 437 g/mol. The summed E-state index contributed by atoms with van der Waals surface area (Å²) in [5.74, 6) is 0.376. The molecule has 0 amide bonds. The van der Waals surface area contributed by atoms with Gasteiger partial charge >= 0.3 is 0 Å². The number of pyridine rings is 1. The number of nitrogens with one attached hydrogen (secondary N) is 1. The molecule has 30 heavy (non-hydrogen) atoms. The molecule has 3 heterocycles. The Kier molecular flexibility index (Phi) is 6.19. The molecule has 158 valence electrons. The van der Waals surface area contributed by atoms with E-state index in [1.54, 1.807) is 6.20 Å². The summed E-state index contributed by atoms with van der Waals surface area (Å²) < 4.78 is 45.4. The van der Waals surface area contributed by atoms with Crippen LogP contribution in [0.25, 0.3) is 10.9 Å². The van der Waals surface area contributed by atoms with Crippen molar-refractivity contribution >= 4 is 34.1 Å². The number of anilines is 2. The van der Waals surface area contributed by atoms with E-state index in [1.807, 2.05) is 6.07 Å². The zero-order chi connectivity index (χ0) is 21.1. The molecule has 1 aliphatic rings. The van der Waals surface area contributed by atoms with Gasteiger partial charge in [0, 0.05) is 25.0 Å². The van der Waals surface area contributed by atoms with Crippen LogP contribution in [-0.4, -0.2) is 47.8 Å². The first-order chi connectivity index (χ1) is 14.5. The molecule has 0 unspecified atom stereocenters. The van der Waals surface area contributed by atoms with Gasteiger partial charge in [-0.2, -0.15) is 0 Å². The van der Waals surface area contributed by atoms with Gasteiger partial charge in [0.2, 0.25) is 5.28 Å². The van der Waals surface area contributed by atoms with Gasteiger partial charge in [-0.15, -0.1) is 0 Å². The lowest BCUT2D eigenvalue weighted by molar-refractivity contribution is 0.122. The minimum Gasteiger partial charge on any atom is -0.378 e. The molecule has 1 saturated heterocycles. The lowest BCUT2D eigenvalue weighted by Crippen LogP contribution is -2.36. The molecule has 6 nitrogen and oxygen atoms in total. The minimum absolute atomic E-state index is 0.0526. The van der Waals surface area contributed by atoms with Crippen LogP contribution in [0.1, 0.15) is 17.6 Å². The number of aromatic nitrogens is 3. The maximum absolute atomic E-state index is 14.2. The maximum Gasteiger partial charge on any atom is 0.266 e. The lowest BCUT2D eigenvalue weighted by atomic mass is 10.1. The largest absolute Gasteiger partial charge is 0.378 e. The van der Waals surface area contributed by atoms with Crippen molar-refractivity contribution in [3.63, 3.8) is 0 Å². The molecule has 2 aromatic heterocycles. The third kappa shape index (κ3) is 4.41. The van der Waals surface area contributed by atoms with Gasteiger partial charge in [-0.1, -0.05) is 18.2 Å². The summed E-state index contributed by atoms with van der Waals surface area (Å²) in [6.07, 6.45) is -1.02. The van der Waals surface area contributed by atoms with Crippen LogP contribution in [0.4, 0.5) is 24.8 Å². The summed E-state index contributed by atoms with van der Waals surface area (Å²) in [6, 6.07) is 5.89. The van der Waals surface area contributed by atoms with Crippen LogP contribution in [0, 0.1) is 5.82 Å². The van der Waals surface area contributed by atoms with Gasteiger partial charge in [0.05, 0.1) is 30.5 Å². The zero-order valence-corrected chi connectivity index (χ0v) is 16.7. The number of nitrogens with zero attached hydrogens (tertiary/aromatic N) is 4. The highest BCUT2D eigenvalue weighted by molar-refractivity contribution is 6.28. The predicted octanol–water partition coefficient (Wildman–Crippen LogP) is 4.25. The number of hydrogen-bond acceptors (Lipinski definition) is 6. The smallest absolute Gasteiger partial charge is 0.266 e. The van der Waals surface area contributed by atoms with Gasteiger partial charge in [-0.25, -0.2) is 28.1 Å². The Balaban J connectivity index is 1.55. The Labute approximate surface area is 176 Å². The molecule has 1 fully saturated rings. The second-order valence-electron chi connectivity index (χ2n) is 6.80. The summed E-state index contributed by atoms with van der Waals surface area (Å²) in [6.45, 7) is 3.00. The highest BCUT2D eigenvalue weighted by atomic mass is 35.5. The summed E-state index contributed by atoms with van der Waals surface area (Å²) in [7, 11) is 0. The normalized spacial score (nSPS) is 14.5. The highest BCUT2D eigenvalue weighted by Crippen LogP contribution is 2.27. The molecular formula is C20H19ClF3N5O. The van der Waals surface area contributed by atoms with E-state index in [1.165, 1.54) is 12.1 Å². The van der Waals surface area contributed by atoms with Crippen LogP contribution >= 0.6 is 11.6 Å². The molecule has 10 heteroatoms. The molecule has 0 atom stereocenters. The van der Waals surface area contributed by atoms with E-state index in [0.717, 1.165) is 30.4 Å². The zero-order valence-electron chi connectivity index (χ0n) is 15.9. The number of ether oxygens (including phenoxy) is 1. The Morgan fingerprint density at radius 3 is 2.77 bits per heavy atom. The highest BCUT2D eigenvalue weighted by Gasteiger charge is 2.17. The van der Waals surface area contributed by atoms with Crippen molar-refractivity contribution in [2.24, 2.45) is 0 Å². The number of benzene rings is 1.